The summed E-state index contributed by atoms with van der Waals surface area (Å²) in [6.45, 7) is 0. The average Bonchev–Trinajstić information content (AvgIpc) is 3.09. The Labute approximate surface area is 160 Å². The first-order valence-corrected chi connectivity index (χ1v) is 8.56. The fourth-order valence-electron chi connectivity index (χ4n) is 2.06. The molecule has 25 heavy (non-hydrogen) atoms. The summed E-state index contributed by atoms with van der Waals surface area (Å²) in [5.74, 6) is 0.216. The minimum atomic E-state index is -1.72. The van der Waals surface area contributed by atoms with E-state index in [-0.39, 0.29) is 11.8 Å². The molecule has 1 heterocycles. The fourth-order valence-corrected chi connectivity index (χ4v) is 2.29. The minimum Gasteiger partial charge on any atom is -0.417 e. The Balaban J connectivity index is 1.66. The molecule has 0 fully saturated rings. The number of nitrogens with zero attached hydrogens (tertiary/aromatic N) is 2. The molecule has 0 saturated heterocycles. The first-order valence-electron chi connectivity index (χ1n) is 7.43. The van der Waals surface area contributed by atoms with E-state index in [9.17, 15) is 0 Å². The summed E-state index contributed by atoms with van der Waals surface area (Å²) in [6.07, 6.45) is 7.65. The molecule has 0 N–H and O–H groups in total. The Morgan fingerprint density at radius 3 is 1.72 bits per heavy atom. The van der Waals surface area contributed by atoms with Gasteiger partial charge in [0.1, 0.15) is 0 Å². The summed E-state index contributed by atoms with van der Waals surface area (Å²) in [4.78, 5) is 0. The molecular formula is C19H13Cl3N2O. The standard InChI is InChI=1S/C19H13Cl3N2O/c20-19(21,22)18-24-23-17(25-18)13-12-16-10-8-15(9-11-16)7-6-14-4-2-1-3-5-14/h1-13H. The lowest BCUT2D eigenvalue weighted by molar-refractivity contribution is 0.493. The minimum absolute atomic E-state index is 0.0569. The van der Waals surface area contributed by atoms with E-state index in [1.54, 1.807) is 6.08 Å². The Bertz CT molecular complexity index is 879. The number of halogens is 3. The lowest BCUT2D eigenvalue weighted by Gasteiger charge is -2.01. The topological polar surface area (TPSA) is 38.9 Å². The smallest absolute Gasteiger partial charge is 0.268 e. The summed E-state index contributed by atoms with van der Waals surface area (Å²) in [7, 11) is 0. The molecule has 0 aliphatic carbocycles. The lowest BCUT2D eigenvalue weighted by atomic mass is 10.1. The van der Waals surface area contributed by atoms with Crippen LogP contribution in [0.1, 0.15) is 28.5 Å². The van der Waals surface area contributed by atoms with Gasteiger partial charge in [0, 0.05) is 6.08 Å². The van der Waals surface area contributed by atoms with Crippen LogP contribution in [0.15, 0.2) is 59.0 Å². The lowest BCUT2D eigenvalue weighted by Crippen LogP contribution is -1.99. The van der Waals surface area contributed by atoms with Gasteiger partial charge in [-0.05, 0) is 22.8 Å². The van der Waals surface area contributed by atoms with Crippen LogP contribution in [-0.2, 0) is 3.79 Å². The van der Waals surface area contributed by atoms with E-state index >= 15 is 0 Å². The van der Waals surface area contributed by atoms with Crippen molar-refractivity contribution in [2.24, 2.45) is 0 Å². The number of alkyl halides is 3. The third kappa shape index (κ3) is 5.20. The van der Waals surface area contributed by atoms with Gasteiger partial charge in [0.15, 0.2) is 0 Å². The summed E-state index contributed by atoms with van der Waals surface area (Å²) >= 11 is 17.1. The molecule has 0 aliphatic rings. The molecule has 2 aromatic carbocycles. The highest BCUT2D eigenvalue weighted by molar-refractivity contribution is 6.66. The first kappa shape index (κ1) is 17.7. The number of hydrogen-bond acceptors (Lipinski definition) is 3. The predicted octanol–water partition coefficient (Wildman–Crippen LogP) is 6.24. The molecule has 0 spiro atoms. The third-order valence-electron chi connectivity index (χ3n) is 3.31. The zero-order valence-corrected chi connectivity index (χ0v) is 15.2. The number of rotatable bonds is 4. The molecule has 0 radical (unpaired) electrons. The van der Waals surface area contributed by atoms with Crippen LogP contribution in [0.3, 0.4) is 0 Å². The van der Waals surface area contributed by atoms with Gasteiger partial charge in [-0.3, -0.25) is 0 Å². The van der Waals surface area contributed by atoms with Crippen molar-refractivity contribution in [1.82, 2.24) is 10.2 Å². The molecular weight excluding hydrogens is 379 g/mol. The van der Waals surface area contributed by atoms with E-state index in [0.29, 0.717) is 0 Å². The van der Waals surface area contributed by atoms with Crippen molar-refractivity contribution < 1.29 is 4.42 Å². The van der Waals surface area contributed by atoms with Crippen LogP contribution >= 0.6 is 34.8 Å². The van der Waals surface area contributed by atoms with Crippen LogP contribution in [0.4, 0.5) is 0 Å². The Kier molecular flexibility index (Phi) is 5.59. The van der Waals surface area contributed by atoms with Crippen molar-refractivity contribution in [1.29, 1.82) is 0 Å². The van der Waals surface area contributed by atoms with Crippen molar-refractivity contribution in [3.63, 3.8) is 0 Å². The van der Waals surface area contributed by atoms with E-state index in [0.717, 1.165) is 16.7 Å². The van der Waals surface area contributed by atoms with Gasteiger partial charge in [0.05, 0.1) is 0 Å². The molecule has 3 aromatic rings. The molecule has 0 aliphatic heterocycles. The van der Waals surface area contributed by atoms with Gasteiger partial charge in [0.25, 0.3) is 9.68 Å². The molecule has 0 bridgehead atoms. The highest BCUT2D eigenvalue weighted by Gasteiger charge is 2.29. The maximum absolute atomic E-state index is 5.68. The molecule has 3 nitrogen and oxygen atoms in total. The monoisotopic (exact) mass is 390 g/mol. The van der Waals surface area contributed by atoms with E-state index in [1.807, 2.05) is 48.5 Å². The van der Waals surface area contributed by atoms with Crippen LogP contribution in [-0.4, -0.2) is 10.2 Å². The maximum atomic E-state index is 5.68. The Morgan fingerprint density at radius 1 is 0.680 bits per heavy atom. The molecule has 0 amide bonds. The van der Waals surface area contributed by atoms with Crippen LogP contribution in [0.25, 0.3) is 24.3 Å². The Hall–Kier alpha value is -2.07. The fraction of sp³-hybridized carbons (Fsp3) is 0.0526. The molecule has 126 valence electrons. The number of hydrogen-bond donors (Lipinski definition) is 0. The van der Waals surface area contributed by atoms with Gasteiger partial charge < -0.3 is 4.42 Å². The quantitative estimate of drug-likeness (QED) is 0.390. The van der Waals surface area contributed by atoms with Crippen molar-refractivity contribution in [3.8, 4) is 0 Å². The van der Waals surface area contributed by atoms with Crippen LogP contribution in [0.5, 0.6) is 0 Å². The number of aromatic nitrogens is 2. The zero-order chi connectivity index (χ0) is 17.7. The van der Waals surface area contributed by atoms with E-state index in [4.69, 9.17) is 39.2 Å². The highest BCUT2D eigenvalue weighted by atomic mass is 35.6. The van der Waals surface area contributed by atoms with Crippen molar-refractivity contribution in [2.45, 2.75) is 3.79 Å². The second-order valence-corrected chi connectivity index (χ2v) is 7.47. The Morgan fingerprint density at radius 2 is 1.20 bits per heavy atom. The summed E-state index contributed by atoms with van der Waals surface area (Å²) < 4.78 is 3.55. The average molecular weight is 392 g/mol. The van der Waals surface area contributed by atoms with Crippen molar-refractivity contribution in [3.05, 3.63) is 83.1 Å². The predicted molar refractivity (Wildman–Crippen MR) is 104 cm³/mol. The first-order chi connectivity index (χ1) is 12.0. The summed E-state index contributed by atoms with van der Waals surface area (Å²) in [6, 6.07) is 18.2. The van der Waals surface area contributed by atoms with Gasteiger partial charge in [-0.2, -0.15) is 0 Å². The van der Waals surface area contributed by atoms with Gasteiger partial charge in [-0.1, -0.05) is 102 Å². The molecule has 0 atom stereocenters. The van der Waals surface area contributed by atoms with E-state index < -0.39 is 3.79 Å². The number of benzene rings is 2. The van der Waals surface area contributed by atoms with E-state index in [2.05, 4.69) is 34.5 Å². The van der Waals surface area contributed by atoms with Crippen LogP contribution < -0.4 is 0 Å². The normalized spacial score (nSPS) is 12.3. The maximum Gasteiger partial charge on any atom is 0.268 e. The molecule has 6 heteroatoms. The second-order valence-electron chi connectivity index (χ2n) is 5.19. The summed E-state index contributed by atoms with van der Waals surface area (Å²) in [5, 5.41) is 7.50. The molecule has 0 unspecified atom stereocenters. The SMILES string of the molecule is ClC(Cl)(Cl)c1nnc(C=Cc2ccc(C=Cc3ccccc3)cc2)o1. The zero-order valence-electron chi connectivity index (χ0n) is 12.9. The largest absolute Gasteiger partial charge is 0.417 e. The van der Waals surface area contributed by atoms with Crippen LogP contribution in [0, 0.1) is 0 Å². The van der Waals surface area contributed by atoms with Crippen LogP contribution in [0.2, 0.25) is 0 Å². The van der Waals surface area contributed by atoms with Crippen molar-refractivity contribution in [2.75, 3.05) is 0 Å². The molecule has 3 rings (SSSR count). The third-order valence-corrected chi connectivity index (χ3v) is 3.79. The van der Waals surface area contributed by atoms with Gasteiger partial charge in [-0.15, -0.1) is 10.2 Å². The van der Waals surface area contributed by atoms with E-state index in [1.165, 1.54) is 0 Å². The van der Waals surface area contributed by atoms with Gasteiger partial charge in [-0.25, -0.2) is 0 Å². The van der Waals surface area contributed by atoms with Crippen molar-refractivity contribution >= 4 is 59.1 Å². The molecule has 0 saturated carbocycles. The second kappa shape index (κ2) is 7.87. The molecule has 1 aromatic heterocycles. The summed E-state index contributed by atoms with van der Waals surface area (Å²) in [5.41, 5.74) is 3.26. The van der Waals surface area contributed by atoms with Gasteiger partial charge >= 0.3 is 0 Å². The highest BCUT2D eigenvalue weighted by Crippen LogP contribution is 2.37. The van der Waals surface area contributed by atoms with Gasteiger partial charge in [0.2, 0.25) is 5.89 Å².